The Morgan fingerprint density at radius 3 is 2.20 bits per heavy atom. The molecule has 3 rings (SSSR count). The van der Waals surface area contributed by atoms with Gasteiger partial charge < -0.3 is 28.8 Å². The number of hydrogen-bond donors (Lipinski definition) is 1. The highest BCUT2D eigenvalue weighted by Crippen LogP contribution is 2.48. The van der Waals surface area contributed by atoms with Gasteiger partial charge in [-0.1, -0.05) is 0 Å². The van der Waals surface area contributed by atoms with Gasteiger partial charge in [-0.15, -0.1) is 0 Å². The van der Waals surface area contributed by atoms with Crippen molar-refractivity contribution in [3.8, 4) is 23.0 Å². The molecule has 0 amide bonds. The molecule has 25 heavy (non-hydrogen) atoms. The maximum atomic E-state index is 11.5. The van der Waals surface area contributed by atoms with Gasteiger partial charge in [0.25, 0.3) is 0 Å². The highest BCUT2D eigenvalue weighted by Gasteiger charge is 2.37. The monoisotopic (exact) mass is 348 g/mol. The van der Waals surface area contributed by atoms with E-state index < -0.39 is 18.2 Å². The molecule has 0 saturated carbocycles. The van der Waals surface area contributed by atoms with E-state index in [0.717, 1.165) is 0 Å². The molecule has 0 spiro atoms. The van der Waals surface area contributed by atoms with Crippen LogP contribution in [0.25, 0.3) is 10.8 Å². The van der Waals surface area contributed by atoms with E-state index in [4.69, 9.17) is 23.7 Å². The van der Waals surface area contributed by atoms with Crippen LogP contribution in [0.15, 0.2) is 18.2 Å². The fourth-order valence-corrected chi connectivity index (χ4v) is 3.21. The number of hydrogen-bond acceptors (Lipinski definition) is 7. The quantitative estimate of drug-likeness (QED) is 0.830. The molecule has 1 N–H and O–H groups in total. The summed E-state index contributed by atoms with van der Waals surface area (Å²) in [5.74, 6) is 1.58. The van der Waals surface area contributed by atoms with E-state index in [9.17, 15) is 9.90 Å². The van der Waals surface area contributed by atoms with Gasteiger partial charge in [-0.2, -0.15) is 0 Å². The van der Waals surface area contributed by atoms with Crippen molar-refractivity contribution < 1.29 is 33.6 Å². The van der Waals surface area contributed by atoms with Crippen LogP contribution >= 0.6 is 0 Å². The molecular formula is C18H20O7. The zero-order valence-electron chi connectivity index (χ0n) is 14.5. The van der Waals surface area contributed by atoms with Crippen LogP contribution in [0.5, 0.6) is 23.0 Å². The molecule has 2 aromatic carbocycles. The van der Waals surface area contributed by atoms with Gasteiger partial charge in [-0.25, -0.2) is 0 Å². The average Bonchev–Trinajstić information content (AvgIpc) is 2.96. The minimum atomic E-state index is -0.941. The molecule has 0 bridgehead atoms. The molecule has 7 nitrogen and oxygen atoms in total. The SMILES string of the molecule is COc1ccc2c(OC)c([C@@H]3OC(=O)C[C@@H]3O)cc(OC)c2c1OC. The maximum Gasteiger partial charge on any atom is 0.309 e. The summed E-state index contributed by atoms with van der Waals surface area (Å²) in [6.07, 6.45) is -1.81. The molecule has 2 aromatic rings. The Morgan fingerprint density at radius 1 is 1.00 bits per heavy atom. The molecule has 1 fully saturated rings. The summed E-state index contributed by atoms with van der Waals surface area (Å²) in [6.45, 7) is 0. The fraction of sp³-hybridized carbons (Fsp3) is 0.389. The average molecular weight is 348 g/mol. The number of aliphatic hydroxyl groups excluding tert-OH is 1. The number of rotatable bonds is 5. The smallest absolute Gasteiger partial charge is 0.309 e. The Bertz CT molecular complexity index is 815. The molecule has 1 saturated heterocycles. The van der Waals surface area contributed by atoms with Crippen molar-refractivity contribution in [2.75, 3.05) is 28.4 Å². The van der Waals surface area contributed by atoms with Crippen LogP contribution in [0, 0.1) is 0 Å². The van der Waals surface area contributed by atoms with Crippen molar-refractivity contribution >= 4 is 16.7 Å². The van der Waals surface area contributed by atoms with Crippen LogP contribution in [0.1, 0.15) is 18.1 Å². The molecule has 0 radical (unpaired) electrons. The Balaban J connectivity index is 2.33. The summed E-state index contributed by atoms with van der Waals surface area (Å²) in [7, 11) is 6.14. The van der Waals surface area contributed by atoms with Crippen LogP contribution < -0.4 is 18.9 Å². The van der Waals surface area contributed by atoms with Crippen molar-refractivity contribution in [1.82, 2.24) is 0 Å². The van der Waals surface area contributed by atoms with Crippen LogP contribution in [-0.4, -0.2) is 45.6 Å². The predicted octanol–water partition coefficient (Wildman–Crippen LogP) is 2.22. The van der Waals surface area contributed by atoms with E-state index in [1.54, 1.807) is 26.4 Å². The van der Waals surface area contributed by atoms with Crippen molar-refractivity contribution in [2.24, 2.45) is 0 Å². The molecule has 7 heteroatoms. The third kappa shape index (κ3) is 2.70. The number of carbonyl (C=O) groups excluding carboxylic acids is 1. The first kappa shape index (κ1) is 17.2. The van der Waals surface area contributed by atoms with Crippen molar-refractivity contribution in [2.45, 2.75) is 18.6 Å². The minimum absolute atomic E-state index is 0.0554. The first-order valence-corrected chi connectivity index (χ1v) is 7.72. The van der Waals surface area contributed by atoms with E-state index in [2.05, 4.69) is 0 Å². The van der Waals surface area contributed by atoms with E-state index >= 15 is 0 Å². The number of carbonyl (C=O) groups is 1. The van der Waals surface area contributed by atoms with Crippen molar-refractivity contribution in [3.05, 3.63) is 23.8 Å². The summed E-state index contributed by atoms with van der Waals surface area (Å²) >= 11 is 0. The second kappa shape index (κ2) is 6.68. The lowest BCUT2D eigenvalue weighted by Crippen LogP contribution is -2.13. The van der Waals surface area contributed by atoms with E-state index in [0.29, 0.717) is 39.3 Å². The standard InChI is InChI=1S/C18H20O7/c1-21-12-6-5-9-15(18(12)24-4)13(22-2)7-10(16(9)23-3)17-11(19)8-14(20)25-17/h5-7,11,17,19H,8H2,1-4H3/t11-,17-/m0/s1. The highest BCUT2D eigenvalue weighted by molar-refractivity contribution is 6.01. The molecule has 0 aromatic heterocycles. The number of fused-ring (bicyclic) bond motifs is 1. The molecule has 0 unspecified atom stereocenters. The molecule has 1 aliphatic rings. The molecule has 1 heterocycles. The number of benzene rings is 2. The number of ether oxygens (including phenoxy) is 5. The van der Waals surface area contributed by atoms with E-state index in [1.165, 1.54) is 14.2 Å². The van der Waals surface area contributed by atoms with Crippen molar-refractivity contribution in [3.63, 3.8) is 0 Å². The summed E-state index contributed by atoms with van der Waals surface area (Å²) in [5.41, 5.74) is 0.539. The summed E-state index contributed by atoms with van der Waals surface area (Å²) in [4.78, 5) is 11.5. The normalized spacial score (nSPS) is 19.6. The first-order chi connectivity index (χ1) is 12.0. The Morgan fingerprint density at radius 2 is 1.68 bits per heavy atom. The molecule has 0 aliphatic carbocycles. The van der Waals surface area contributed by atoms with Crippen LogP contribution in [0.3, 0.4) is 0 Å². The van der Waals surface area contributed by atoms with Gasteiger partial charge in [0, 0.05) is 10.9 Å². The highest BCUT2D eigenvalue weighted by atomic mass is 16.6. The number of esters is 1. The number of cyclic esters (lactones) is 1. The summed E-state index contributed by atoms with van der Waals surface area (Å²) < 4.78 is 27.2. The van der Waals surface area contributed by atoms with E-state index in [1.807, 2.05) is 6.07 Å². The third-order valence-corrected chi connectivity index (χ3v) is 4.30. The zero-order chi connectivity index (χ0) is 18.1. The molecular weight excluding hydrogens is 328 g/mol. The fourth-order valence-electron chi connectivity index (χ4n) is 3.21. The second-order valence-corrected chi connectivity index (χ2v) is 5.61. The van der Waals surface area contributed by atoms with Gasteiger partial charge in [0.1, 0.15) is 17.6 Å². The molecule has 1 aliphatic heterocycles. The topological polar surface area (TPSA) is 83.5 Å². The number of methoxy groups -OCH3 is 4. The third-order valence-electron chi connectivity index (χ3n) is 4.30. The largest absolute Gasteiger partial charge is 0.496 e. The Labute approximate surface area is 145 Å². The van der Waals surface area contributed by atoms with Gasteiger partial charge in [0.15, 0.2) is 17.6 Å². The molecule has 134 valence electrons. The van der Waals surface area contributed by atoms with Gasteiger partial charge in [0.2, 0.25) is 0 Å². The lowest BCUT2D eigenvalue weighted by Gasteiger charge is -2.21. The summed E-state index contributed by atoms with van der Waals surface area (Å²) in [5, 5.41) is 11.5. The lowest BCUT2D eigenvalue weighted by atomic mass is 9.97. The maximum absolute atomic E-state index is 11.5. The van der Waals surface area contributed by atoms with Gasteiger partial charge in [-0.05, 0) is 18.2 Å². The lowest BCUT2D eigenvalue weighted by molar-refractivity contribution is -0.142. The van der Waals surface area contributed by atoms with E-state index in [-0.39, 0.29) is 6.42 Å². The van der Waals surface area contributed by atoms with Gasteiger partial charge >= 0.3 is 5.97 Å². The first-order valence-electron chi connectivity index (χ1n) is 7.72. The minimum Gasteiger partial charge on any atom is -0.496 e. The molecule has 2 atom stereocenters. The Hall–Kier alpha value is -2.67. The zero-order valence-corrected chi connectivity index (χ0v) is 14.5. The van der Waals surface area contributed by atoms with Crippen LogP contribution in [0.4, 0.5) is 0 Å². The summed E-state index contributed by atoms with van der Waals surface area (Å²) in [6, 6.07) is 5.25. The number of aliphatic hydroxyl groups is 1. The van der Waals surface area contributed by atoms with Crippen LogP contribution in [0.2, 0.25) is 0 Å². The van der Waals surface area contributed by atoms with Crippen molar-refractivity contribution in [1.29, 1.82) is 0 Å². The predicted molar refractivity (Wildman–Crippen MR) is 89.6 cm³/mol. The Kier molecular flexibility index (Phi) is 4.59. The van der Waals surface area contributed by atoms with Crippen LogP contribution in [-0.2, 0) is 9.53 Å². The van der Waals surface area contributed by atoms with Gasteiger partial charge in [-0.3, -0.25) is 4.79 Å². The second-order valence-electron chi connectivity index (χ2n) is 5.61. The van der Waals surface area contributed by atoms with Gasteiger partial charge in [0.05, 0.1) is 40.2 Å².